The zero-order valence-electron chi connectivity index (χ0n) is 14.4. The summed E-state index contributed by atoms with van der Waals surface area (Å²) >= 11 is 0. The SMILES string of the molecule is CCOC(=O)[C@@H]1[C@H]2CN(c3ncnc(CC)c3F)C[C@@H]2C=C[C@@H]1C. The van der Waals surface area contributed by atoms with E-state index >= 15 is 0 Å². The van der Waals surface area contributed by atoms with Crippen molar-refractivity contribution in [3.05, 3.63) is 30.0 Å². The third-order valence-corrected chi connectivity index (χ3v) is 5.14. The molecule has 0 aromatic carbocycles. The zero-order chi connectivity index (χ0) is 17.3. The molecule has 24 heavy (non-hydrogen) atoms. The van der Waals surface area contributed by atoms with Gasteiger partial charge in [-0.05, 0) is 31.1 Å². The molecule has 0 N–H and O–H groups in total. The number of esters is 1. The highest BCUT2D eigenvalue weighted by molar-refractivity contribution is 5.74. The van der Waals surface area contributed by atoms with Crippen LogP contribution in [0.2, 0.25) is 0 Å². The van der Waals surface area contributed by atoms with Crippen molar-refractivity contribution >= 4 is 11.8 Å². The monoisotopic (exact) mass is 333 g/mol. The Morgan fingerprint density at radius 2 is 2.12 bits per heavy atom. The Bertz CT molecular complexity index is 649. The van der Waals surface area contributed by atoms with E-state index < -0.39 is 0 Å². The number of hydrogen-bond acceptors (Lipinski definition) is 5. The van der Waals surface area contributed by atoms with Gasteiger partial charge >= 0.3 is 5.97 Å². The van der Waals surface area contributed by atoms with Crippen molar-refractivity contribution in [3.63, 3.8) is 0 Å². The van der Waals surface area contributed by atoms with Crippen molar-refractivity contribution < 1.29 is 13.9 Å². The van der Waals surface area contributed by atoms with E-state index in [4.69, 9.17) is 4.74 Å². The van der Waals surface area contributed by atoms with Gasteiger partial charge in [-0.3, -0.25) is 4.79 Å². The lowest BCUT2D eigenvalue weighted by Crippen LogP contribution is -2.37. The van der Waals surface area contributed by atoms with Crippen LogP contribution in [0.3, 0.4) is 0 Å². The minimum Gasteiger partial charge on any atom is -0.466 e. The number of fused-ring (bicyclic) bond motifs is 1. The fraction of sp³-hybridized carbons (Fsp3) is 0.611. The summed E-state index contributed by atoms with van der Waals surface area (Å²) in [5.74, 6) is 0.151. The molecule has 6 heteroatoms. The predicted octanol–water partition coefficient (Wildman–Crippen LogP) is 2.62. The maximum atomic E-state index is 14.6. The number of halogens is 1. The van der Waals surface area contributed by atoms with Gasteiger partial charge in [-0.15, -0.1) is 0 Å². The molecule has 5 nitrogen and oxygen atoms in total. The van der Waals surface area contributed by atoms with Crippen LogP contribution in [0.4, 0.5) is 10.2 Å². The van der Waals surface area contributed by atoms with E-state index in [0.717, 1.165) is 0 Å². The third-order valence-electron chi connectivity index (χ3n) is 5.14. The average Bonchev–Trinajstić information content (AvgIpc) is 2.98. The maximum absolute atomic E-state index is 14.6. The number of nitrogens with zero attached hydrogens (tertiary/aromatic N) is 3. The number of allylic oxidation sites excluding steroid dienone is 1. The van der Waals surface area contributed by atoms with Crippen molar-refractivity contribution in [1.29, 1.82) is 0 Å². The Morgan fingerprint density at radius 3 is 2.83 bits per heavy atom. The molecule has 0 saturated carbocycles. The molecular weight excluding hydrogens is 309 g/mol. The first kappa shape index (κ1) is 16.9. The summed E-state index contributed by atoms with van der Waals surface area (Å²) in [6.07, 6.45) is 6.19. The number of aromatic nitrogens is 2. The van der Waals surface area contributed by atoms with E-state index in [1.807, 2.05) is 25.7 Å². The number of anilines is 1. The second-order valence-electron chi connectivity index (χ2n) is 6.57. The molecule has 1 aromatic rings. The van der Waals surface area contributed by atoms with Crippen LogP contribution in [0.1, 0.15) is 26.5 Å². The summed E-state index contributed by atoms with van der Waals surface area (Å²) < 4.78 is 19.8. The van der Waals surface area contributed by atoms with Crippen LogP contribution in [0, 0.1) is 29.5 Å². The van der Waals surface area contributed by atoms with E-state index in [2.05, 4.69) is 22.1 Å². The number of ether oxygens (including phenoxy) is 1. The molecule has 1 aliphatic carbocycles. The molecule has 1 saturated heterocycles. The molecule has 1 aromatic heterocycles. The molecule has 0 spiro atoms. The Morgan fingerprint density at radius 1 is 1.33 bits per heavy atom. The van der Waals surface area contributed by atoms with E-state index in [9.17, 15) is 9.18 Å². The number of rotatable bonds is 4. The minimum absolute atomic E-state index is 0.128. The van der Waals surface area contributed by atoms with Crippen LogP contribution in [0.5, 0.6) is 0 Å². The first-order valence-electron chi connectivity index (χ1n) is 8.66. The smallest absolute Gasteiger partial charge is 0.309 e. The zero-order valence-corrected chi connectivity index (χ0v) is 14.4. The summed E-state index contributed by atoms with van der Waals surface area (Å²) in [5, 5.41) is 0. The standard InChI is InChI=1S/C18H24FN3O2/c1-4-14-16(19)17(21-10-20-14)22-8-12-7-6-11(3)15(13(12)9-22)18(23)24-5-2/h6-7,10-13,15H,4-5,8-9H2,1-3H3/t11-,12-,13-,15-/m0/s1. The van der Waals surface area contributed by atoms with Gasteiger partial charge in [0, 0.05) is 13.1 Å². The minimum atomic E-state index is -0.344. The largest absolute Gasteiger partial charge is 0.466 e. The van der Waals surface area contributed by atoms with Crippen LogP contribution < -0.4 is 4.90 Å². The molecule has 2 aliphatic rings. The number of carbonyl (C=O) groups excluding carboxylic acids is 1. The molecular formula is C18H24FN3O2. The number of aryl methyl sites for hydroxylation is 1. The number of hydrogen-bond donors (Lipinski definition) is 0. The molecule has 2 heterocycles. The quantitative estimate of drug-likeness (QED) is 0.626. The van der Waals surface area contributed by atoms with Crippen molar-refractivity contribution in [2.24, 2.45) is 23.7 Å². The van der Waals surface area contributed by atoms with Crippen LogP contribution in [0.15, 0.2) is 18.5 Å². The first-order valence-corrected chi connectivity index (χ1v) is 8.66. The first-order chi connectivity index (χ1) is 11.6. The molecule has 130 valence electrons. The lowest BCUT2D eigenvalue weighted by atomic mass is 9.72. The Labute approximate surface area is 141 Å². The van der Waals surface area contributed by atoms with Gasteiger partial charge in [0.25, 0.3) is 0 Å². The Balaban J connectivity index is 1.86. The Hall–Kier alpha value is -1.98. The van der Waals surface area contributed by atoms with Gasteiger partial charge in [-0.25, -0.2) is 14.4 Å². The van der Waals surface area contributed by atoms with Gasteiger partial charge in [0.1, 0.15) is 6.33 Å². The third kappa shape index (κ3) is 2.89. The van der Waals surface area contributed by atoms with Gasteiger partial charge in [0.15, 0.2) is 11.6 Å². The van der Waals surface area contributed by atoms with Crippen molar-refractivity contribution in [2.75, 3.05) is 24.6 Å². The Kier molecular flexibility index (Phi) is 4.83. The van der Waals surface area contributed by atoms with Crippen molar-refractivity contribution in [2.45, 2.75) is 27.2 Å². The second kappa shape index (κ2) is 6.87. The van der Waals surface area contributed by atoms with Crippen molar-refractivity contribution in [1.82, 2.24) is 9.97 Å². The normalized spacial score (nSPS) is 28.8. The molecule has 3 rings (SSSR count). The lowest BCUT2D eigenvalue weighted by Gasteiger charge is -2.31. The fourth-order valence-corrected chi connectivity index (χ4v) is 3.93. The molecule has 1 aliphatic heterocycles. The molecule has 0 amide bonds. The highest BCUT2D eigenvalue weighted by Crippen LogP contribution is 2.41. The predicted molar refractivity (Wildman–Crippen MR) is 89.0 cm³/mol. The molecule has 0 radical (unpaired) electrons. The van der Waals surface area contributed by atoms with Crippen molar-refractivity contribution in [3.8, 4) is 0 Å². The van der Waals surface area contributed by atoms with Gasteiger partial charge in [0.05, 0.1) is 18.2 Å². The highest BCUT2D eigenvalue weighted by Gasteiger charge is 2.45. The molecule has 1 fully saturated rings. The second-order valence-corrected chi connectivity index (χ2v) is 6.57. The summed E-state index contributed by atoms with van der Waals surface area (Å²) in [7, 11) is 0. The van der Waals surface area contributed by atoms with Crippen LogP contribution in [0.25, 0.3) is 0 Å². The van der Waals surface area contributed by atoms with E-state index in [1.54, 1.807) is 0 Å². The van der Waals surface area contributed by atoms with Crippen LogP contribution in [-0.4, -0.2) is 35.6 Å². The van der Waals surface area contributed by atoms with E-state index in [1.165, 1.54) is 6.33 Å². The molecule has 0 unspecified atom stereocenters. The highest BCUT2D eigenvalue weighted by atomic mass is 19.1. The molecule has 4 atom stereocenters. The van der Waals surface area contributed by atoms with Crippen LogP contribution >= 0.6 is 0 Å². The maximum Gasteiger partial charge on any atom is 0.309 e. The average molecular weight is 333 g/mol. The fourth-order valence-electron chi connectivity index (χ4n) is 3.93. The number of carbonyl (C=O) groups is 1. The van der Waals surface area contributed by atoms with E-state index in [0.29, 0.717) is 37.6 Å². The summed E-state index contributed by atoms with van der Waals surface area (Å²) in [5.41, 5.74) is 0.431. The van der Waals surface area contributed by atoms with Gasteiger partial charge < -0.3 is 9.64 Å². The topological polar surface area (TPSA) is 55.3 Å². The van der Waals surface area contributed by atoms with Crippen LogP contribution in [-0.2, 0) is 16.0 Å². The van der Waals surface area contributed by atoms with E-state index in [-0.39, 0.29) is 35.5 Å². The molecule has 0 bridgehead atoms. The summed E-state index contributed by atoms with van der Waals surface area (Å²) in [6, 6.07) is 0. The van der Waals surface area contributed by atoms with Gasteiger partial charge in [-0.1, -0.05) is 26.0 Å². The van der Waals surface area contributed by atoms with Gasteiger partial charge in [-0.2, -0.15) is 0 Å². The lowest BCUT2D eigenvalue weighted by molar-refractivity contribution is -0.151. The van der Waals surface area contributed by atoms with Gasteiger partial charge in [0.2, 0.25) is 0 Å². The summed E-state index contributed by atoms with van der Waals surface area (Å²) in [4.78, 5) is 22.5. The summed E-state index contributed by atoms with van der Waals surface area (Å²) in [6.45, 7) is 7.40.